The Balaban J connectivity index is 2.43. The number of hydrogen-bond donors (Lipinski definition) is 2. The highest BCUT2D eigenvalue weighted by Gasteiger charge is 2.18. The number of aryl methyl sites for hydroxylation is 1. The summed E-state index contributed by atoms with van der Waals surface area (Å²) in [5, 5.41) is 2.82. The molecule has 0 bridgehead atoms. The van der Waals surface area contributed by atoms with E-state index in [9.17, 15) is 4.79 Å². The molecule has 1 amide bonds. The standard InChI is InChI=1S/C13H23N3O2/c1-4-11-7-15-12(18-11)8-16-13(17)10(6-14)5-9(2)3/h7,9-10H,4-6,8,14H2,1-3H3,(H,16,17). The predicted octanol–water partition coefficient (Wildman–Crippen LogP) is 1.47. The average molecular weight is 253 g/mol. The molecule has 1 heterocycles. The highest BCUT2D eigenvalue weighted by molar-refractivity contribution is 5.78. The Kier molecular flexibility index (Phi) is 5.85. The van der Waals surface area contributed by atoms with Gasteiger partial charge in [0.25, 0.3) is 0 Å². The first-order valence-electron chi connectivity index (χ1n) is 6.48. The molecule has 1 aromatic heterocycles. The van der Waals surface area contributed by atoms with E-state index >= 15 is 0 Å². The maximum Gasteiger partial charge on any atom is 0.224 e. The SMILES string of the molecule is CCc1cnc(CNC(=O)C(CN)CC(C)C)o1. The van der Waals surface area contributed by atoms with Crippen LogP contribution in [0.2, 0.25) is 0 Å². The third-order valence-corrected chi connectivity index (χ3v) is 2.77. The van der Waals surface area contributed by atoms with Crippen LogP contribution in [0.4, 0.5) is 0 Å². The summed E-state index contributed by atoms with van der Waals surface area (Å²) in [4.78, 5) is 16.0. The Bertz CT molecular complexity index is 374. The molecule has 0 saturated carbocycles. The Morgan fingerprint density at radius 3 is 2.78 bits per heavy atom. The van der Waals surface area contributed by atoms with E-state index in [-0.39, 0.29) is 11.8 Å². The number of rotatable bonds is 7. The van der Waals surface area contributed by atoms with Crippen LogP contribution < -0.4 is 11.1 Å². The van der Waals surface area contributed by atoms with E-state index in [1.165, 1.54) is 0 Å². The topological polar surface area (TPSA) is 81.2 Å². The number of hydrogen-bond acceptors (Lipinski definition) is 4. The molecule has 18 heavy (non-hydrogen) atoms. The number of nitrogens with one attached hydrogen (secondary N) is 1. The molecule has 1 atom stereocenters. The first kappa shape index (κ1) is 14.7. The van der Waals surface area contributed by atoms with Crippen LogP contribution in [0.15, 0.2) is 10.6 Å². The quantitative estimate of drug-likeness (QED) is 0.771. The van der Waals surface area contributed by atoms with Gasteiger partial charge in [-0.15, -0.1) is 0 Å². The van der Waals surface area contributed by atoms with E-state index in [2.05, 4.69) is 24.1 Å². The van der Waals surface area contributed by atoms with Crippen molar-refractivity contribution in [3.63, 3.8) is 0 Å². The van der Waals surface area contributed by atoms with Crippen molar-refractivity contribution in [1.29, 1.82) is 0 Å². The molecule has 0 aliphatic carbocycles. The number of nitrogens with two attached hydrogens (primary N) is 1. The zero-order valence-corrected chi connectivity index (χ0v) is 11.4. The molecule has 5 nitrogen and oxygen atoms in total. The average Bonchev–Trinajstić information content (AvgIpc) is 2.80. The summed E-state index contributed by atoms with van der Waals surface area (Å²) in [6.45, 7) is 6.86. The van der Waals surface area contributed by atoms with E-state index in [1.54, 1.807) is 6.20 Å². The second-order valence-corrected chi connectivity index (χ2v) is 4.85. The van der Waals surface area contributed by atoms with Crippen molar-refractivity contribution in [2.24, 2.45) is 17.6 Å². The molecule has 5 heteroatoms. The zero-order chi connectivity index (χ0) is 13.5. The second kappa shape index (κ2) is 7.16. The Hall–Kier alpha value is -1.36. The molecule has 1 aromatic rings. The minimum Gasteiger partial charge on any atom is -0.444 e. The van der Waals surface area contributed by atoms with Crippen molar-refractivity contribution < 1.29 is 9.21 Å². The molecule has 0 aromatic carbocycles. The summed E-state index contributed by atoms with van der Waals surface area (Å²) in [5.41, 5.74) is 5.62. The van der Waals surface area contributed by atoms with E-state index in [1.807, 2.05) is 6.92 Å². The lowest BCUT2D eigenvalue weighted by molar-refractivity contribution is -0.125. The van der Waals surface area contributed by atoms with Crippen LogP contribution >= 0.6 is 0 Å². The maximum absolute atomic E-state index is 11.9. The van der Waals surface area contributed by atoms with Crippen molar-refractivity contribution in [3.8, 4) is 0 Å². The summed E-state index contributed by atoms with van der Waals surface area (Å²) in [5.74, 6) is 1.67. The zero-order valence-electron chi connectivity index (χ0n) is 11.4. The van der Waals surface area contributed by atoms with Crippen LogP contribution in [0.1, 0.15) is 38.8 Å². The van der Waals surface area contributed by atoms with Gasteiger partial charge in [0.2, 0.25) is 11.8 Å². The summed E-state index contributed by atoms with van der Waals surface area (Å²) < 4.78 is 5.42. The van der Waals surface area contributed by atoms with Crippen molar-refractivity contribution in [1.82, 2.24) is 10.3 Å². The minimum atomic E-state index is -0.134. The lowest BCUT2D eigenvalue weighted by atomic mass is 9.96. The largest absolute Gasteiger partial charge is 0.444 e. The van der Waals surface area contributed by atoms with Gasteiger partial charge in [0.1, 0.15) is 5.76 Å². The van der Waals surface area contributed by atoms with Crippen LogP contribution in [0, 0.1) is 11.8 Å². The van der Waals surface area contributed by atoms with Crippen LogP contribution in [0.25, 0.3) is 0 Å². The van der Waals surface area contributed by atoms with Gasteiger partial charge in [0, 0.05) is 13.0 Å². The van der Waals surface area contributed by atoms with Gasteiger partial charge in [0.15, 0.2) is 0 Å². The van der Waals surface area contributed by atoms with E-state index in [4.69, 9.17) is 10.2 Å². The molecule has 0 aliphatic rings. The lowest BCUT2D eigenvalue weighted by Gasteiger charge is -2.16. The van der Waals surface area contributed by atoms with Gasteiger partial charge >= 0.3 is 0 Å². The number of oxazole rings is 1. The number of aromatic nitrogens is 1. The first-order valence-corrected chi connectivity index (χ1v) is 6.48. The molecule has 102 valence electrons. The van der Waals surface area contributed by atoms with Gasteiger partial charge < -0.3 is 15.5 Å². The second-order valence-electron chi connectivity index (χ2n) is 4.85. The van der Waals surface area contributed by atoms with E-state index < -0.39 is 0 Å². The lowest BCUT2D eigenvalue weighted by Crippen LogP contribution is -2.35. The normalized spacial score (nSPS) is 12.7. The summed E-state index contributed by atoms with van der Waals surface area (Å²) >= 11 is 0. The number of carbonyl (C=O) groups is 1. The van der Waals surface area contributed by atoms with Crippen LogP contribution in [0.5, 0.6) is 0 Å². The number of carbonyl (C=O) groups excluding carboxylic acids is 1. The first-order chi connectivity index (χ1) is 8.56. The third kappa shape index (κ3) is 4.49. The molecule has 1 rings (SSSR count). The van der Waals surface area contributed by atoms with Gasteiger partial charge in [-0.25, -0.2) is 4.98 Å². The number of amides is 1. The fourth-order valence-corrected chi connectivity index (χ4v) is 1.78. The highest BCUT2D eigenvalue weighted by atomic mass is 16.4. The van der Waals surface area contributed by atoms with Crippen molar-refractivity contribution >= 4 is 5.91 Å². The van der Waals surface area contributed by atoms with Gasteiger partial charge in [-0.05, 0) is 12.3 Å². The smallest absolute Gasteiger partial charge is 0.224 e. The molecule has 0 radical (unpaired) electrons. The van der Waals surface area contributed by atoms with Gasteiger partial charge in [0.05, 0.1) is 18.7 Å². The molecule has 0 fully saturated rings. The van der Waals surface area contributed by atoms with Crippen molar-refractivity contribution in [2.45, 2.75) is 40.2 Å². The summed E-state index contributed by atoms with van der Waals surface area (Å²) in [6.07, 6.45) is 3.30. The van der Waals surface area contributed by atoms with Crippen LogP contribution in [-0.2, 0) is 17.8 Å². The van der Waals surface area contributed by atoms with Crippen LogP contribution in [0.3, 0.4) is 0 Å². The van der Waals surface area contributed by atoms with E-state index in [0.29, 0.717) is 24.9 Å². The minimum absolute atomic E-state index is 0.0255. The van der Waals surface area contributed by atoms with Gasteiger partial charge in [-0.1, -0.05) is 20.8 Å². The monoisotopic (exact) mass is 253 g/mol. The maximum atomic E-state index is 11.9. The van der Waals surface area contributed by atoms with Crippen molar-refractivity contribution in [2.75, 3.05) is 6.54 Å². The van der Waals surface area contributed by atoms with E-state index in [0.717, 1.165) is 18.6 Å². The fraction of sp³-hybridized carbons (Fsp3) is 0.692. The number of nitrogens with zero attached hydrogens (tertiary/aromatic N) is 1. The predicted molar refractivity (Wildman–Crippen MR) is 69.7 cm³/mol. The fourth-order valence-electron chi connectivity index (χ4n) is 1.78. The molecule has 1 unspecified atom stereocenters. The molecule has 0 saturated heterocycles. The van der Waals surface area contributed by atoms with Gasteiger partial charge in [-0.3, -0.25) is 4.79 Å². The van der Waals surface area contributed by atoms with Gasteiger partial charge in [-0.2, -0.15) is 0 Å². The Morgan fingerprint density at radius 1 is 1.56 bits per heavy atom. The molecule has 3 N–H and O–H groups in total. The van der Waals surface area contributed by atoms with Crippen LogP contribution in [-0.4, -0.2) is 17.4 Å². The Labute approximate surface area is 108 Å². The molecular formula is C13H23N3O2. The van der Waals surface area contributed by atoms with Crippen molar-refractivity contribution in [3.05, 3.63) is 17.8 Å². The molecular weight excluding hydrogens is 230 g/mol. The summed E-state index contributed by atoms with van der Waals surface area (Å²) in [6, 6.07) is 0. The third-order valence-electron chi connectivity index (χ3n) is 2.77. The Morgan fingerprint density at radius 2 is 2.28 bits per heavy atom. The molecule has 0 spiro atoms. The molecule has 0 aliphatic heterocycles. The highest BCUT2D eigenvalue weighted by Crippen LogP contribution is 2.11. The summed E-state index contributed by atoms with van der Waals surface area (Å²) in [7, 11) is 0.